The number of benzene rings is 3. The third-order valence-corrected chi connectivity index (χ3v) is 7.45. The Morgan fingerprint density at radius 2 is 1.70 bits per heavy atom. The van der Waals surface area contributed by atoms with Gasteiger partial charge in [-0.05, 0) is 67.4 Å². The lowest BCUT2D eigenvalue weighted by Crippen LogP contribution is -2.30. The third kappa shape index (κ3) is 4.78. The fourth-order valence-corrected chi connectivity index (χ4v) is 5.26. The van der Waals surface area contributed by atoms with Crippen LogP contribution in [0.4, 0.5) is 11.4 Å². The molecule has 6 nitrogen and oxygen atoms in total. The highest BCUT2D eigenvalue weighted by atomic mass is 32.2. The van der Waals surface area contributed by atoms with Crippen molar-refractivity contribution in [2.45, 2.75) is 31.6 Å². The van der Waals surface area contributed by atoms with Crippen LogP contribution in [0.3, 0.4) is 0 Å². The summed E-state index contributed by atoms with van der Waals surface area (Å²) in [6.45, 7) is 4.18. The lowest BCUT2D eigenvalue weighted by molar-refractivity contribution is -0.115. The van der Waals surface area contributed by atoms with Crippen molar-refractivity contribution in [3.8, 4) is 0 Å². The van der Waals surface area contributed by atoms with E-state index in [4.69, 9.17) is 4.42 Å². The van der Waals surface area contributed by atoms with Gasteiger partial charge in [-0.3, -0.25) is 9.10 Å². The topological polar surface area (TPSA) is 79.6 Å². The minimum absolute atomic E-state index is 0.165. The van der Waals surface area contributed by atoms with Gasteiger partial charge >= 0.3 is 0 Å². The van der Waals surface area contributed by atoms with Crippen LogP contribution in [-0.4, -0.2) is 20.9 Å². The molecule has 0 aliphatic rings. The molecule has 1 amide bonds. The van der Waals surface area contributed by atoms with Crippen molar-refractivity contribution in [2.75, 3.05) is 16.2 Å². The molecule has 0 unspecified atom stereocenters. The maximum absolute atomic E-state index is 13.1. The Morgan fingerprint density at radius 3 is 2.36 bits per heavy atom. The van der Waals surface area contributed by atoms with Crippen LogP contribution in [0.1, 0.15) is 25.0 Å². The molecule has 33 heavy (non-hydrogen) atoms. The van der Waals surface area contributed by atoms with Gasteiger partial charge in [0.15, 0.2) is 0 Å². The number of hydrogen-bond acceptors (Lipinski definition) is 4. The standard InChI is InChI=1S/C26H26N2O4S/c1-3-19-10-15-25-24(16-19)20(18-32-25)17-26(29)27-21-11-13-23(14-12-21)33(30,31)28(4-2)22-8-6-5-7-9-22/h5-16,18H,3-4,17H2,1-2H3,(H,27,29). The highest BCUT2D eigenvalue weighted by Gasteiger charge is 2.23. The van der Waals surface area contributed by atoms with Crippen molar-refractivity contribution >= 4 is 38.3 Å². The van der Waals surface area contributed by atoms with Crippen molar-refractivity contribution in [2.24, 2.45) is 0 Å². The van der Waals surface area contributed by atoms with Crippen molar-refractivity contribution in [1.82, 2.24) is 0 Å². The first-order chi connectivity index (χ1) is 15.9. The molecule has 7 heteroatoms. The number of carbonyl (C=O) groups excluding carboxylic acids is 1. The minimum atomic E-state index is -3.71. The number of rotatable bonds is 8. The van der Waals surface area contributed by atoms with Crippen LogP contribution in [0.5, 0.6) is 0 Å². The van der Waals surface area contributed by atoms with Crippen LogP contribution in [0, 0.1) is 0 Å². The zero-order valence-corrected chi connectivity index (χ0v) is 19.4. The Kier molecular flexibility index (Phi) is 6.51. The zero-order chi connectivity index (χ0) is 23.4. The van der Waals surface area contributed by atoms with Crippen molar-refractivity contribution in [3.05, 3.63) is 90.2 Å². The molecular formula is C26H26N2O4S. The average Bonchev–Trinajstić information content (AvgIpc) is 3.22. The molecule has 1 aromatic heterocycles. The molecule has 4 rings (SSSR count). The number of nitrogens with one attached hydrogen (secondary N) is 1. The first-order valence-corrected chi connectivity index (χ1v) is 12.3. The largest absolute Gasteiger partial charge is 0.464 e. The van der Waals surface area contributed by atoms with Gasteiger partial charge in [0.05, 0.1) is 23.3 Å². The van der Waals surface area contributed by atoms with E-state index in [0.717, 1.165) is 23.0 Å². The van der Waals surface area contributed by atoms with Crippen LogP contribution in [0.15, 0.2) is 88.4 Å². The van der Waals surface area contributed by atoms with E-state index in [1.807, 2.05) is 24.3 Å². The Balaban J connectivity index is 1.48. The summed E-state index contributed by atoms with van der Waals surface area (Å²) in [7, 11) is -3.71. The molecule has 0 spiro atoms. The fraction of sp³-hybridized carbons (Fsp3) is 0.192. The maximum Gasteiger partial charge on any atom is 0.264 e. The van der Waals surface area contributed by atoms with E-state index in [1.165, 1.54) is 22.0 Å². The quantitative estimate of drug-likeness (QED) is 0.381. The van der Waals surface area contributed by atoms with Gasteiger partial charge in [-0.2, -0.15) is 0 Å². The third-order valence-electron chi connectivity index (χ3n) is 5.53. The highest BCUT2D eigenvalue weighted by molar-refractivity contribution is 7.92. The fourth-order valence-electron chi connectivity index (χ4n) is 3.79. The monoisotopic (exact) mass is 462 g/mol. The molecule has 1 heterocycles. The molecule has 0 saturated heterocycles. The first-order valence-electron chi connectivity index (χ1n) is 10.9. The van der Waals surface area contributed by atoms with Gasteiger partial charge in [0.2, 0.25) is 5.91 Å². The molecule has 170 valence electrons. The van der Waals surface area contributed by atoms with Gasteiger partial charge in [-0.15, -0.1) is 0 Å². The lowest BCUT2D eigenvalue weighted by atomic mass is 10.1. The number of furan rings is 1. The van der Waals surface area contributed by atoms with Crippen LogP contribution in [0.25, 0.3) is 11.0 Å². The summed E-state index contributed by atoms with van der Waals surface area (Å²) in [5, 5.41) is 3.77. The van der Waals surface area contributed by atoms with Crippen LogP contribution in [0.2, 0.25) is 0 Å². The first kappa shape index (κ1) is 22.6. The normalized spacial score (nSPS) is 11.5. The summed E-state index contributed by atoms with van der Waals surface area (Å²) in [4.78, 5) is 12.8. The predicted octanol–water partition coefficient (Wildman–Crippen LogP) is 5.39. The summed E-state index contributed by atoms with van der Waals surface area (Å²) in [6, 6.07) is 21.2. The molecular weight excluding hydrogens is 436 g/mol. The van der Waals surface area contributed by atoms with Gasteiger partial charge in [-0.25, -0.2) is 8.42 Å². The number of carbonyl (C=O) groups is 1. The Hall–Kier alpha value is -3.58. The van der Waals surface area contributed by atoms with Crippen molar-refractivity contribution in [1.29, 1.82) is 0 Å². The summed E-state index contributed by atoms with van der Waals surface area (Å²) >= 11 is 0. The van der Waals surface area contributed by atoms with Crippen LogP contribution >= 0.6 is 0 Å². The second kappa shape index (κ2) is 9.50. The SMILES string of the molecule is CCc1ccc2occ(CC(=O)Nc3ccc(S(=O)(=O)N(CC)c4ccccc4)cc3)c2c1. The maximum atomic E-state index is 13.1. The molecule has 1 N–H and O–H groups in total. The summed E-state index contributed by atoms with van der Waals surface area (Å²) in [5.41, 5.74) is 3.89. The highest BCUT2D eigenvalue weighted by Crippen LogP contribution is 2.26. The van der Waals surface area contributed by atoms with Gasteiger partial charge in [-0.1, -0.05) is 31.2 Å². The van der Waals surface area contributed by atoms with Crippen molar-refractivity contribution in [3.63, 3.8) is 0 Å². The molecule has 0 aliphatic heterocycles. The number of amides is 1. The number of anilines is 2. The molecule has 4 aromatic rings. The molecule has 0 radical (unpaired) electrons. The molecule has 0 atom stereocenters. The van der Waals surface area contributed by atoms with E-state index in [-0.39, 0.29) is 17.2 Å². The van der Waals surface area contributed by atoms with Gasteiger partial charge < -0.3 is 9.73 Å². The number of para-hydroxylation sites is 1. The Labute approximate surface area is 193 Å². The smallest absolute Gasteiger partial charge is 0.264 e. The van der Waals surface area contributed by atoms with Gasteiger partial charge in [0.1, 0.15) is 5.58 Å². The molecule has 3 aromatic carbocycles. The van der Waals surface area contributed by atoms with E-state index >= 15 is 0 Å². The average molecular weight is 463 g/mol. The lowest BCUT2D eigenvalue weighted by Gasteiger charge is -2.23. The Morgan fingerprint density at radius 1 is 0.970 bits per heavy atom. The van der Waals surface area contributed by atoms with E-state index in [2.05, 4.69) is 12.2 Å². The number of sulfonamides is 1. The number of aryl methyl sites for hydroxylation is 1. The van der Waals surface area contributed by atoms with Gasteiger partial charge in [0, 0.05) is 23.2 Å². The van der Waals surface area contributed by atoms with E-state index < -0.39 is 10.0 Å². The molecule has 0 aliphatic carbocycles. The van der Waals surface area contributed by atoms with Gasteiger partial charge in [0.25, 0.3) is 10.0 Å². The number of fused-ring (bicyclic) bond motifs is 1. The zero-order valence-electron chi connectivity index (χ0n) is 18.6. The van der Waals surface area contributed by atoms with E-state index in [1.54, 1.807) is 49.6 Å². The predicted molar refractivity (Wildman–Crippen MR) is 131 cm³/mol. The summed E-state index contributed by atoms with van der Waals surface area (Å²) in [6.07, 6.45) is 2.68. The molecule has 0 fully saturated rings. The van der Waals surface area contributed by atoms with E-state index in [0.29, 0.717) is 17.9 Å². The van der Waals surface area contributed by atoms with E-state index in [9.17, 15) is 13.2 Å². The van der Waals surface area contributed by atoms with Crippen LogP contribution in [-0.2, 0) is 27.7 Å². The minimum Gasteiger partial charge on any atom is -0.464 e. The molecule has 0 bridgehead atoms. The Bertz CT molecular complexity index is 1360. The number of nitrogens with zero attached hydrogens (tertiary/aromatic N) is 1. The number of hydrogen-bond donors (Lipinski definition) is 1. The molecule has 0 saturated carbocycles. The van der Waals surface area contributed by atoms with Crippen molar-refractivity contribution < 1.29 is 17.6 Å². The second-order valence-corrected chi connectivity index (χ2v) is 9.56. The summed E-state index contributed by atoms with van der Waals surface area (Å²) in [5.74, 6) is -0.199. The van der Waals surface area contributed by atoms with Crippen LogP contribution < -0.4 is 9.62 Å². The summed E-state index contributed by atoms with van der Waals surface area (Å²) < 4.78 is 33.2. The second-order valence-electron chi connectivity index (χ2n) is 7.70.